The number of aromatic nitrogens is 3. The lowest BCUT2D eigenvalue weighted by atomic mass is 10.3. The quantitative estimate of drug-likeness (QED) is 0.443. The first-order valence-corrected chi connectivity index (χ1v) is 5.44. The lowest BCUT2D eigenvalue weighted by Crippen LogP contribution is -2.12. The summed E-state index contributed by atoms with van der Waals surface area (Å²) < 4.78 is 5.94. The van der Waals surface area contributed by atoms with Crippen molar-refractivity contribution < 1.29 is 9.53 Å². The predicted octanol–water partition coefficient (Wildman–Crippen LogP) is 0.154. The van der Waals surface area contributed by atoms with Gasteiger partial charge in [0, 0.05) is 19.2 Å². The molecule has 1 N–H and O–H groups in total. The van der Waals surface area contributed by atoms with E-state index in [4.69, 9.17) is 0 Å². The molecule has 7 heteroatoms. The number of methoxy groups -OCH3 is 1. The Morgan fingerprint density at radius 2 is 2.40 bits per heavy atom. The molecule has 0 aliphatic rings. The molecule has 1 rings (SSSR count). The van der Waals surface area contributed by atoms with E-state index in [0.29, 0.717) is 18.0 Å². The first-order chi connectivity index (χ1) is 7.15. The Morgan fingerprint density at radius 1 is 1.67 bits per heavy atom. The Balaban J connectivity index is 2.29. The van der Waals surface area contributed by atoms with Crippen LogP contribution >= 0.6 is 11.8 Å². The van der Waals surface area contributed by atoms with E-state index in [1.807, 2.05) is 0 Å². The van der Waals surface area contributed by atoms with Gasteiger partial charge >= 0.3 is 11.7 Å². The molecule has 84 valence electrons. The van der Waals surface area contributed by atoms with Gasteiger partial charge in [0.15, 0.2) is 5.16 Å². The van der Waals surface area contributed by atoms with E-state index in [1.54, 1.807) is 7.05 Å². The number of H-pyrrole nitrogens is 1. The number of carbonyl (C=O) groups excluding carboxylic acids is 1. The molecule has 0 atom stereocenters. The standard InChI is InChI=1S/C8H13N3O3S/c1-11-7(13)9-10-8(11)15-5-3-4-6(12)14-2/h3-5H2,1-2H3,(H,9,13). The number of nitrogens with zero attached hydrogens (tertiary/aromatic N) is 2. The zero-order valence-electron chi connectivity index (χ0n) is 8.65. The summed E-state index contributed by atoms with van der Waals surface area (Å²) in [7, 11) is 3.02. The number of esters is 1. The molecule has 0 fully saturated rings. The third kappa shape index (κ3) is 3.43. The van der Waals surface area contributed by atoms with Crippen LogP contribution in [0.2, 0.25) is 0 Å². The largest absolute Gasteiger partial charge is 0.469 e. The summed E-state index contributed by atoms with van der Waals surface area (Å²) >= 11 is 1.43. The SMILES string of the molecule is COC(=O)CCCSc1n[nH]c(=O)n1C. The fraction of sp³-hybridized carbons (Fsp3) is 0.625. The van der Waals surface area contributed by atoms with Gasteiger partial charge in [-0.3, -0.25) is 9.36 Å². The van der Waals surface area contributed by atoms with Crippen molar-refractivity contribution in [1.82, 2.24) is 14.8 Å². The van der Waals surface area contributed by atoms with Gasteiger partial charge in [0.05, 0.1) is 7.11 Å². The molecule has 6 nitrogen and oxygen atoms in total. The van der Waals surface area contributed by atoms with Crippen molar-refractivity contribution in [2.45, 2.75) is 18.0 Å². The highest BCUT2D eigenvalue weighted by Gasteiger charge is 2.05. The van der Waals surface area contributed by atoms with Crippen LogP contribution in [-0.2, 0) is 16.6 Å². The molecule has 1 aromatic rings. The molecular formula is C8H13N3O3S. The Bertz CT molecular complexity index is 385. The maximum Gasteiger partial charge on any atom is 0.343 e. The van der Waals surface area contributed by atoms with E-state index in [-0.39, 0.29) is 11.7 Å². The summed E-state index contributed by atoms with van der Waals surface area (Å²) in [5, 5.41) is 6.80. The summed E-state index contributed by atoms with van der Waals surface area (Å²) in [5.74, 6) is 0.513. The monoisotopic (exact) mass is 231 g/mol. The van der Waals surface area contributed by atoms with Crippen LogP contribution in [0.4, 0.5) is 0 Å². The Hall–Kier alpha value is -1.24. The maximum absolute atomic E-state index is 11.0. The lowest BCUT2D eigenvalue weighted by molar-refractivity contribution is -0.140. The van der Waals surface area contributed by atoms with Gasteiger partial charge in [0.1, 0.15) is 0 Å². The second-order valence-corrected chi connectivity index (χ2v) is 3.96. The molecule has 1 heterocycles. The summed E-state index contributed by atoms with van der Waals surface area (Å²) in [6, 6.07) is 0. The maximum atomic E-state index is 11.0. The van der Waals surface area contributed by atoms with E-state index in [0.717, 1.165) is 5.75 Å². The van der Waals surface area contributed by atoms with E-state index < -0.39 is 0 Å². The fourth-order valence-corrected chi connectivity index (χ4v) is 1.80. The second-order valence-electron chi connectivity index (χ2n) is 2.90. The third-order valence-electron chi connectivity index (χ3n) is 1.82. The lowest BCUT2D eigenvalue weighted by Gasteiger charge is -1.99. The van der Waals surface area contributed by atoms with Crippen LogP contribution in [-0.4, -0.2) is 33.6 Å². The Kier molecular flexibility index (Phi) is 4.41. The van der Waals surface area contributed by atoms with E-state index in [2.05, 4.69) is 14.9 Å². The van der Waals surface area contributed by atoms with Gasteiger partial charge in [0.25, 0.3) is 0 Å². The summed E-state index contributed by atoms with van der Waals surface area (Å²) in [6.45, 7) is 0. The van der Waals surface area contributed by atoms with Crippen molar-refractivity contribution in [2.24, 2.45) is 7.05 Å². The molecular weight excluding hydrogens is 218 g/mol. The molecule has 0 bridgehead atoms. The van der Waals surface area contributed by atoms with Crippen LogP contribution < -0.4 is 5.69 Å². The molecule has 0 saturated heterocycles. The first kappa shape index (κ1) is 11.8. The van der Waals surface area contributed by atoms with E-state index in [9.17, 15) is 9.59 Å². The van der Waals surface area contributed by atoms with E-state index >= 15 is 0 Å². The highest BCUT2D eigenvalue weighted by Crippen LogP contribution is 2.13. The highest BCUT2D eigenvalue weighted by molar-refractivity contribution is 7.99. The second kappa shape index (κ2) is 5.59. The van der Waals surface area contributed by atoms with Gasteiger partial charge in [-0.1, -0.05) is 11.8 Å². The fourth-order valence-electron chi connectivity index (χ4n) is 0.944. The first-order valence-electron chi connectivity index (χ1n) is 4.46. The number of rotatable bonds is 5. The number of hydrogen-bond donors (Lipinski definition) is 1. The molecule has 0 saturated carbocycles. The number of aromatic amines is 1. The van der Waals surface area contributed by atoms with Crippen molar-refractivity contribution in [3.05, 3.63) is 10.5 Å². The molecule has 0 aromatic carbocycles. The van der Waals surface area contributed by atoms with Crippen LogP contribution in [0.5, 0.6) is 0 Å². The van der Waals surface area contributed by atoms with Gasteiger partial charge in [-0.2, -0.15) is 0 Å². The number of nitrogens with one attached hydrogen (secondary N) is 1. The number of ether oxygens (including phenoxy) is 1. The van der Waals surface area contributed by atoms with Crippen LogP contribution in [0.25, 0.3) is 0 Å². The van der Waals surface area contributed by atoms with Crippen molar-refractivity contribution in [1.29, 1.82) is 0 Å². The van der Waals surface area contributed by atoms with Crippen LogP contribution in [0.15, 0.2) is 9.95 Å². The normalized spacial score (nSPS) is 10.3. The molecule has 0 amide bonds. The van der Waals surface area contributed by atoms with Crippen LogP contribution in [0.3, 0.4) is 0 Å². The van der Waals surface area contributed by atoms with Crippen molar-refractivity contribution in [2.75, 3.05) is 12.9 Å². The molecule has 1 aromatic heterocycles. The summed E-state index contributed by atoms with van der Waals surface area (Å²) in [5.41, 5.74) is -0.231. The van der Waals surface area contributed by atoms with Crippen molar-refractivity contribution >= 4 is 17.7 Å². The number of carbonyl (C=O) groups is 1. The van der Waals surface area contributed by atoms with Gasteiger partial charge in [-0.25, -0.2) is 9.89 Å². The van der Waals surface area contributed by atoms with Gasteiger partial charge < -0.3 is 4.74 Å². The molecule has 0 aliphatic heterocycles. The predicted molar refractivity (Wildman–Crippen MR) is 55.8 cm³/mol. The zero-order valence-corrected chi connectivity index (χ0v) is 9.47. The minimum Gasteiger partial charge on any atom is -0.469 e. The minimum atomic E-state index is -0.231. The van der Waals surface area contributed by atoms with Gasteiger partial charge in [-0.05, 0) is 6.42 Å². The smallest absolute Gasteiger partial charge is 0.343 e. The molecule has 0 unspecified atom stereocenters. The number of hydrogen-bond acceptors (Lipinski definition) is 5. The Labute approximate surface area is 91.0 Å². The van der Waals surface area contributed by atoms with Crippen LogP contribution in [0, 0.1) is 0 Å². The molecule has 0 aliphatic carbocycles. The molecule has 0 radical (unpaired) electrons. The van der Waals surface area contributed by atoms with Crippen molar-refractivity contribution in [3.63, 3.8) is 0 Å². The van der Waals surface area contributed by atoms with Gasteiger partial charge in [-0.15, -0.1) is 5.10 Å². The zero-order chi connectivity index (χ0) is 11.3. The summed E-state index contributed by atoms with van der Waals surface area (Å²) in [6.07, 6.45) is 1.10. The van der Waals surface area contributed by atoms with Crippen molar-refractivity contribution in [3.8, 4) is 0 Å². The molecule has 0 spiro atoms. The summed E-state index contributed by atoms with van der Waals surface area (Å²) in [4.78, 5) is 21.8. The Morgan fingerprint density at radius 3 is 2.93 bits per heavy atom. The average Bonchev–Trinajstić information content (AvgIpc) is 2.55. The average molecular weight is 231 g/mol. The minimum absolute atomic E-state index is 0.216. The molecule has 15 heavy (non-hydrogen) atoms. The van der Waals surface area contributed by atoms with Crippen LogP contribution in [0.1, 0.15) is 12.8 Å². The highest BCUT2D eigenvalue weighted by atomic mass is 32.2. The topological polar surface area (TPSA) is 77.0 Å². The van der Waals surface area contributed by atoms with Gasteiger partial charge in [0.2, 0.25) is 0 Å². The van der Waals surface area contributed by atoms with E-state index in [1.165, 1.54) is 23.4 Å². The third-order valence-corrected chi connectivity index (χ3v) is 2.94. The number of thioether (sulfide) groups is 1.